The Kier molecular flexibility index (Phi) is 3.44. The van der Waals surface area contributed by atoms with Crippen LogP contribution in [0.2, 0.25) is 0 Å². The first-order valence-corrected chi connectivity index (χ1v) is 4.51. The summed E-state index contributed by atoms with van der Waals surface area (Å²) in [5, 5.41) is 10.6. The van der Waals surface area contributed by atoms with E-state index in [0.717, 1.165) is 0 Å². The molecule has 1 aromatic carbocycles. The molecule has 0 atom stereocenters. The van der Waals surface area contributed by atoms with Crippen molar-refractivity contribution in [2.75, 3.05) is 26.1 Å². The third kappa shape index (κ3) is 2.28. The van der Waals surface area contributed by atoms with Gasteiger partial charge in [-0.1, -0.05) is 0 Å². The predicted octanol–water partition coefficient (Wildman–Crippen LogP) is 1.45. The average Bonchev–Trinajstić information content (AvgIpc) is 2.26. The van der Waals surface area contributed by atoms with Crippen molar-refractivity contribution in [3.8, 4) is 0 Å². The van der Waals surface area contributed by atoms with Crippen LogP contribution in [-0.2, 0) is 4.74 Å². The van der Waals surface area contributed by atoms with Gasteiger partial charge in [-0.2, -0.15) is 0 Å². The molecule has 0 amide bonds. The number of anilines is 1. The van der Waals surface area contributed by atoms with Gasteiger partial charge in [-0.25, -0.2) is 4.79 Å². The van der Waals surface area contributed by atoms with E-state index in [1.807, 2.05) is 0 Å². The maximum atomic E-state index is 11.4. The van der Waals surface area contributed by atoms with E-state index in [9.17, 15) is 14.9 Å². The number of rotatable bonds is 3. The maximum absolute atomic E-state index is 11.4. The SMILES string of the molecule is COC(=O)c1cc([N+](=O)[O-])ccc1N(C)C. The van der Waals surface area contributed by atoms with Crippen molar-refractivity contribution in [1.82, 2.24) is 0 Å². The molecule has 0 N–H and O–H groups in total. The summed E-state index contributed by atoms with van der Waals surface area (Å²) >= 11 is 0. The monoisotopic (exact) mass is 224 g/mol. The van der Waals surface area contributed by atoms with Gasteiger partial charge in [0.2, 0.25) is 0 Å². The van der Waals surface area contributed by atoms with E-state index in [4.69, 9.17) is 0 Å². The van der Waals surface area contributed by atoms with Gasteiger partial charge in [-0.15, -0.1) is 0 Å². The first-order chi connectivity index (χ1) is 7.47. The molecule has 0 saturated carbocycles. The van der Waals surface area contributed by atoms with Gasteiger partial charge in [0.05, 0.1) is 23.3 Å². The lowest BCUT2D eigenvalue weighted by atomic mass is 10.1. The van der Waals surface area contributed by atoms with E-state index in [1.165, 1.54) is 25.3 Å². The Bertz CT molecular complexity index is 429. The van der Waals surface area contributed by atoms with E-state index in [2.05, 4.69) is 4.74 Å². The van der Waals surface area contributed by atoms with E-state index < -0.39 is 10.9 Å². The first-order valence-electron chi connectivity index (χ1n) is 4.51. The Morgan fingerprint density at radius 2 is 2.06 bits per heavy atom. The standard InChI is InChI=1S/C10H12N2O4/c1-11(2)9-5-4-7(12(14)15)6-8(9)10(13)16-3/h4-6H,1-3H3. The minimum Gasteiger partial charge on any atom is -0.465 e. The smallest absolute Gasteiger partial charge is 0.340 e. The molecule has 0 aromatic heterocycles. The number of carbonyl (C=O) groups is 1. The fraction of sp³-hybridized carbons (Fsp3) is 0.300. The summed E-state index contributed by atoms with van der Waals surface area (Å²) in [6, 6.07) is 4.08. The zero-order chi connectivity index (χ0) is 12.3. The number of hydrogen-bond donors (Lipinski definition) is 0. The lowest BCUT2D eigenvalue weighted by Crippen LogP contribution is -2.15. The van der Waals surface area contributed by atoms with E-state index >= 15 is 0 Å². The minimum absolute atomic E-state index is 0.133. The highest BCUT2D eigenvalue weighted by Crippen LogP contribution is 2.24. The summed E-state index contributed by atoms with van der Waals surface area (Å²) in [4.78, 5) is 23.2. The normalized spacial score (nSPS) is 9.69. The molecule has 1 rings (SSSR count). The van der Waals surface area contributed by atoms with E-state index in [-0.39, 0.29) is 11.3 Å². The number of nitro groups is 1. The van der Waals surface area contributed by atoms with Gasteiger partial charge in [0.25, 0.3) is 5.69 Å². The Balaban J connectivity index is 3.32. The molecule has 1 aromatic rings. The van der Waals surface area contributed by atoms with Crippen LogP contribution < -0.4 is 4.90 Å². The third-order valence-corrected chi connectivity index (χ3v) is 2.08. The Morgan fingerprint density at radius 3 is 2.50 bits per heavy atom. The van der Waals surface area contributed by atoms with Crippen LogP contribution >= 0.6 is 0 Å². The van der Waals surface area contributed by atoms with Crippen molar-refractivity contribution in [2.24, 2.45) is 0 Å². The largest absolute Gasteiger partial charge is 0.465 e. The van der Waals surface area contributed by atoms with E-state index in [0.29, 0.717) is 5.69 Å². The molecule has 0 aliphatic heterocycles. The topological polar surface area (TPSA) is 72.7 Å². The molecule has 0 unspecified atom stereocenters. The van der Waals surface area contributed by atoms with Crippen LogP contribution in [0.1, 0.15) is 10.4 Å². The lowest BCUT2D eigenvalue weighted by molar-refractivity contribution is -0.384. The number of hydrogen-bond acceptors (Lipinski definition) is 5. The Morgan fingerprint density at radius 1 is 1.44 bits per heavy atom. The molecule has 0 radical (unpaired) electrons. The molecular formula is C10H12N2O4. The fourth-order valence-corrected chi connectivity index (χ4v) is 1.30. The van der Waals surface area contributed by atoms with Crippen molar-refractivity contribution in [1.29, 1.82) is 0 Å². The average molecular weight is 224 g/mol. The highest BCUT2D eigenvalue weighted by molar-refractivity contribution is 5.96. The lowest BCUT2D eigenvalue weighted by Gasteiger charge is -2.15. The number of nitrogens with zero attached hydrogens (tertiary/aromatic N) is 2. The van der Waals surface area contributed by atoms with Crippen molar-refractivity contribution < 1.29 is 14.5 Å². The van der Waals surface area contributed by atoms with Crippen LogP contribution in [0.4, 0.5) is 11.4 Å². The van der Waals surface area contributed by atoms with Gasteiger partial charge in [0.1, 0.15) is 0 Å². The molecule has 0 aliphatic rings. The number of benzene rings is 1. The second-order valence-electron chi connectivity index (χ2n) is 3.34. The summed E-state index contributed by atoms with van der Waals surface area (Å²) < 4.78 is 4.57. The molecule has 0 spiro atoms. The zero-order valence-electron chi connectivity index (χ0n) is 9.26. The molecule has 0 aliphatic carbocycles. The van der Waals surface area contributed by atoms with Gasteiger partial charge >= 0.3 is 5.97 Å². The van der Waals surface area contributed by atoms with Crippen molar-refractivity contribution in [2.45, 2.75) is 0 Å². The van der Waals surface area contributed by atoms with Crippen molar-refractivity contribution >= 4 is 17.3 Å². The van der Waals surface area contributed by atoms with Crippen LogP contribution in [-0.4, -0.2) is 32.1 Å². The molecule has 0 heterocycles. The molecule has 0 saturated heterocycles. The van der Waals surface area contributed by atoms with Gasteiger partial charge in [0, 0.05) is 26.2 Å². The predicted molar refractivity (Wildman–Crippen MR) is 58.8 cm³/mol. The first kappa shape index (κ1) is 12.0. The number of ether oxygens (including phenoxy) is 1. The zero-order valence-corrected chi connectivity index (χ0v) is 9.26. The maximum Gasteiger partial charge on any atom is 0.340 e. The number of carbonyl (C=O) groups excluding carboxylic acids is 1. The van der Waals surface area contributed by atoms with Gasteiger partial charge < -0.3 is 9.64 Å². The van der Waals surface area contributed by atoms with E-state index in [1.54, 1.807) is 19.0 Å². The molecule has 86 valence electrons. The molecule has 0 fully saturated rings. The third-order valence-electron chi connectivity index (χ3n) is 2.08. The minimum atomic E-state index is -0.590. The van der Waals surface area contributed by atoms with Gasteiger partial charge in [0.15, 0.2) is 0 Å². The summed E-state index contributed by atoms with van der Waals surface area (Å²) in [5.41, 5.74) is 0.630. The highest BCUT2D eigenvalue weighted by atomic mass is 16.6. The quantitative estimate of drug-likeness (QED) is 0.441. The van der Waals surface area contributed by atoms with Crippen molar-refractivity contribution in [3.63, 3.8) is 0 Å². The Hall–Kier alpha value is -2.11. The number of nitro benzene ring substituents is 1. The molecule has 6 nitrogen and oxygen atoms in total. The summed E-state index contributed by atoms with van der Waals surface area (Å²) in [7, 11) is 4.72. The second kappa shape index (κ2) is 4.61. The van der Waals surface area contributed by atoms with Crippen LogP contribution in [0.3, 0.4) is 0 Å². The fourth-order valence-electron chi connectivity index (χ4n) is 1.30. The summed E-state index contributed by atoms with van der Waals surface area (Å²) in [6.45, 7) is 0. The number of non-ortho nitro benzene ring substituents is 1. The molecular weight excluding hydrogens is 212 g/mol. The van der Waals surface area contributed by atoms with Gasteiger partial charge in [-0.3, -0.25) is 10.1 Å². The molecule has 0 bridgehead atoms. The van der Waals surface area contributed by atoms with Crippen LogP contribution in [0.25, 0.3) is 0 Å². The molecule has 6 heteroatoms. The van der Waals surface area contributed by atoms with Crippen LogP contribution in [0.5, 0.6) is 0 Å². The summed E-state index contributed by atoms with van der Waals surface area (Å²) in [6.07, 6.45) is 0. The highest BCUT2D eigenvalue weighted by Gasteiger charge is 2.17. The summed E-state index contributed by atoms with van der Waals surface area (Å²) in [5.74, 6) is -0.590. The van der Waals surface area contributed by atoms with Crippen LogP contribution in [0.15, 0.2) is 18.2 Å². The molecule has 16 heavy (non-hydrogen) atoms. The van der Waals surface area contributed by atoms with Crippen molar-refractivity contribution in [3.05, 3.63) is 33.9 Å². The Labute approximate surface area is 92.6 Å². The second-order valence-corrected chi connectivity index (χ2v) is 3.34. The number of methoxy groups -OCH3 is 1. The van der Waals surface area contributed by atoms with Crippen LogP contribution in [0, 0.1) is 10.1 Å². The van der Waals surface area contributed by atoms with Gasteiger partial charge in [-0.05, 0) is 6.07 Å². The number of esters is 1.